The molecule has 3 aromatic carbocycles. The lowest BCUT2D eigenvalue weighted by molar-refractivity contribution is 0.0971. The van der Waals surface area contributed by atoms with E-state index in [0.717, 1.165) is 12.5 Å². The summed E-state index contributed by atoms with van der Waals surface area (Å²) in [5, 5.41) is 0.0921. The number of hydrogen-bond donors (Lipinski definition) is 0. The monoisotopic (exact) mass is 501 g/mol. The molecule has 6 nitrogen and oxygen atoms in total. The summed E-state index contributed by atoms with van der Waals surface area (Å²) in [6.07, 6.45) is 0.897. The zero-order valence-corrected chi connectivity index (χ0v) is 21.0. The van der Waals surface area contributed by atoms with Gasteiger partial charge < -0.3 is 13.9 Å². The number of rotatable bonds is 8. The molecule has 37 heavy (non-hydrogen) atoms. The summed E-state index contributed by atoms with van der Waals surface area (Å²) in [6.45, 7) is 7.22. The van der Waals surface area contributed by atoms with E-state index in [1.165, 1.54) is 17.0 Å². The highest BCUT2D eigenvalue weighted by atomic mass is 19.1. The standard InChI is InChI=1S/C30H28FNO5/c1-4-35-22-11-9-21(10-12-22)32-27(19-6-5-7-23(16-19)36-15-14-18(2)3)26-28(33)24-17-20(31)8-13-25(24)37-29(26)30(32)34/h5-13,16-18,27H,4,14-15H2,1-3H3. The maximum Gasteiger partial charge on any atom is 0.295 e. The Morgan fingerprint density at radius 3 is 2.49 bits per heavy atom. The second-order valence-corrected chi connectivity index (χ2v) is 9.42. The van der Waals surface area contributed by atoms with Crippen molar-refractivity contribution < 1.29 is 23.1 Å². The van der Waals surface area contributed by atoms with Crippen LogP contribution in [0.25, 0.3) is 11.0 Å². The lowest BCUT2D eigenvalue weighted by Gasteiger charge is -2.25. The lowest BCUT2D eigenvalue weighted by Crippen LogP contribution is -2.29. The average Bonchev–Trinajstić information content (AvgIpc) is 3.18. The van der Waals surface area contributed by atoms with Crippen LogP contribution >= 0.6 is 0 Å². The lowest BCUT2D eigenvalue weighted by atomic mass is 9.98. The molecule has 1 aliphatic heterocycles. The number of nitrogens with zero attached hydrogens (tertiary/aromatic N) is 1. The van der Waals surface area contributed by atoms with Gasteiger partial charge in [0.2, 0.25) is 5.76 Å². The topological polar surface area (TPSA) is 69.0 Å². The Bertz CT molecular complexity index is 1510. The van der Waals surface area contributed by atoms with Crippen LogP contribution in [-0.4, -0.2) is 19.1 Å². The van der Waals surface area contributed by atoms with Gasteiger partial charge in [-0.2, -0.15) is 0 Å². The number of fused-ring (bicyclic) bond motifs is 2. The highest BCUT2D eigenvalue weighted by Gasteiger charge is 2.43. The van der Waals surface area contributed by atoms with Gasteiger partial charge in [0, 0.05) is 5.69 Å². The van der Waals surface area contributed by atoms with Crippen LogP contribution in [0.2, 0.25) is 0 Å². The Morgan fingerprint density at radius 1 is 0.973 bits per heavy atom. The van der Waals surface area contributed by atoms with Crippen LogP contribution < -0.4 is 19.8 Å². The van der Waals surface area contributed by atoms with Crippen LogP contribution in [-0.2, 0) is 0 Å². The molecule has 0 aliphatic carbocycles. The first kappa shape index (κ1) is 24.6. The predicted molar refractivity (Wildman–Crippen MR) is 140 cm³/mol. The molecule has 0 bridgehead atoms. The summed E-state index contributed by atoms with van der Waals surface area (Å²) in [4.78, 5) is 29.0. The molecule has 0 radical (unpaired) electrons. The van der Waals surface area contributed by atoms with Crippen molar-refractivity contribution in [2.24, 2.45) is 5.92 Å². The van der Waals surface area contributed by atoms with Gasteiger partial charge in [-0.25, -0.2) is 4.39 Å². The Balaban J connectivity index is 1.65. The number of benzene rings is 3. The first-order valence-corrected chi connectivity index (χ1v) is 12.4. The molecule has 0 saturated heterocycles. The number of hydrogen-bond acceptors (Lipinski definition) is 5. The first-order valence-electron chi connectivity index (χ1n) is 12.4. The Morgan fingerprint density at radius 2 is 1.76 bits per heavy atom. The molecule has 1 amide bonds. The minimum atomic E-state index is -0.780. The van der Waals surface area contributed by atoms with Crippen molar-refractivity contribution in [2.45, 2.75) is 33.2 Å². The fourth-order valence-corrected chi connectivity index (χ4v) is 4.58. The quantitative estimate of drug-likeness (QED) is 0.275. The van der Waals surface area contributed by atoms with Crippen molar-refractivity contribution in [2.75, 3.05) is 18.1 Å². The molecule has 190 valence electrons. The second-order valence-electron chi connectivity index (χ2n) is 9.42. The molecule has 1 aromatic heterocycles. The Kier molecular flexibility index (Phi) is 6.70. The van der Waals surface area contributed by atoms with Crippen molar-refractivity contribution in [3.05, 3.63) is 99.7 Å². The van der Waals surface area contributed by atoms with Gasteiger partial charge >= 0.3 is 0 Å². The maximum atomic E-state index is 14.0. The summed E-state index contributed by atoms with van der Waals surface area (Å²) in [5.41, 5.74) is 1.17. The molecule has 1 aliphatic rings. The minimum absolute atomic E-state index is 0.0471. The normalized spacial score (nSPS) is 14.9. The van der Waals surface area contributed by atoms with Crippen molar-refractivity contribution in [3.63, 3.8) is 0 Å². The molecule has 1 atom stereocenters. The second kappa shape index (κ2) is 10.1. The molecule has 0 saturated carbocycles. The van der Waals surface area contributed by atoms with Gasteiger partial charge in [0.1, 0.15) is 22.9 Å². The van der Waals surface area contributed by atoms with Crippen LogP contribution in [0.5, 0.6) is 11.5 Å². The molecule has 5 rings (SSSR count). The summed E-state index contributed by atoms with van der Waals surface area (Å²) in [5.74, 6) is 0.762. The molecule has 7 heteroatoms. The average molecular weight is 502 g/mol. The molecule has 2 heterocycles. The van der Waals surface area contributed by atoms with E-state index in [1.807, 2.05) is 31.2 Å². The molecule has 1 unspecified atom stereocenters. The third kappa shape index (κ3) is 4.69. The van der Waals surface area contributed by atoms with E-state index in [2.05, 4.69) is 13.8 Å². The van der Waals surface area contributed by atoms with Crippen LogP contribution in [0.1, 0.15) is 54.9 Å². The number of halogens is 1. The van der Waals surface area contributed by atoms with E-state index < -0.39 is 23.2 Å². The van der Waals surface area contributed by atoms with Gasteiger partial charge in [-0.1, -0.05) is 26.0 Å². The number of anilines is 1. The van der Waals surface area contributed by atoms with E-state index in [-0.39, 0.29) is 22.3 Å². The summed E-state index contributed by atoms with van der Waals surface area (Å²) < 4.78 is 31.5. The van der Waals surface area contributed by atoms with Gasteiger partial charge in [0.05, 0.1) is 30.2 Å². The van der Waals surface area contributed by atoms with Crippen LogP contribution in [0, 0.1) is 11.7 Å². The predicted octanol–water partition coefficient (Wildman–Crippen LogP) is 6.51. The van der Waals surface area contributed by atoms with E-state index in [1.54, 1.807) is 24.3 Å². The largest absolute Gasteiger partial charge is 0.494 e. The highest BCUT2D eigenvalue weighted by Crippen LogP contribution is 2.42. The van der Waals surface area contributed by atoms with Gasteiger partial charge in [0.15, 0.2) is 5.43 Å². The number of ether oxygens (including phenoxy) is 2. The fraction of sp³-hybridized carbons (Fsp3) is 0.267. The van der Waals surface area contributed by atoms with Crippen molar-refractivity contribution in [3.8, 4) is 11.5 Å². The minimum Gasteiger partial charge on any atom is -0.494 e. The van der Waals surface area contributed by atoms with Crippen molar-refractivity contribution in [1.29, 1.82) is 0 Å². The molecular weight excluding hydrogens is 473 g/mol. The molecule has 0 spiro atoms. The van der Waals surface area contributed by atoms with Crippen molar-refractivity contribution >= 4 is 22.6 Å². The van der Waals surface area contributed by atoms with Crippen LogP contribution in [0.15, 0.2) is 75.9 Å². The van der Waals surface area contributed by atoms with E-state index in [0.29, 0.717) is 41.9 Å². The maximum absolute atomic E-state index is 14.0. The zero-order valence-electron chi connectivity index (χ0n) is 21.0. The zero-order chi connectivity index (χ0) is 26.1. The summed E-state index contributed by atoms with van der Waals surface area (Å²) in [7, 11) is 0. The third-order valence-corrected chi connectivity index (χ3v) is 6.40. The van der Waals surface area contributed by atoms with Gasteiger partial charge in [-0.05, 0) is 79.4 Å². The van der Waals surface area contributed by atoms with Crippen LogP contribution in [0.3, 0.4) is 0 Å². The van der Waals surface area contributed by atoms with Crippen molar-refractivity contribution in [1.82, 2.24) is 0 Å². The van der Waals surface area contributed by atoms with E-state index in [4.69, 9.17) is 13.9 Å². The van der Waals surface area contributed by atoms with Gasteiger partial charge in [0.25, 0.3) is 5.91 Å². The van der Waals surface area contributed by atoms with Crippen LogP contribution in [0.4, 0.5) is 10.1 Å². The number of carbonyl (C=O) groups is 1. The first-order chi connectivity index (χ1) is 17.9. The summed E-state index contributed by atoms with van der Waals surface area (Å²) in [6, 6.07) is 17.4. The third-order valence-electron chi connectivity index (χ3n) is 6.40. The molecular formula is C30H28FNO5. The highest BCUT2D eigenvalue weighted by molar-refractivity contribution is 6.10. The van der Waals surface area contributed by atoms with Gasteiger partial charge in [-0.3, -0.25) is 14.5 Å². The van der Waals surface area contributed by atoms with E-state index in [9.17, 15) is 14.0 Å². The molecule has 0 fully saturated rings. The Labute approximate surface area is 214 Å². The number of carbonyl (C=O) groups excluding carboxylic acids is 1. The van der Waals surface area contributed by atoms with Gasteiger partial charge in [-0.15, -0.1) is 0 Å². The molecule has 4 aromatic rings. The fourth-order valence-electron chi connectivity index (χ4n) is 4.58. The SMILES string of the molecule is CCOc1ccc(N2C(=O)c3oc4ccc(F)cc4c(=O)c3C2c2cccc(OCCC(C)C)c2)cc1. The Hall–Kier alpha value is -4.13. The number of amides is 1. The smallest absolute Gasteiger partial charge is 0.295 e. The summed E-state index contributed by atoms with van der Waals surface area (Å²) >= 11 is 0. The van der Waals surface area contributed by atoms with E-state index >= 15 is 0 Å². The molecule has 0 N–H and O–H groups in total.